The van der Waals surface area contributed by atoms with E-state index in [9.17, 15) is 14.4 Å². The van der Waals surface area contributed by atoms with Crippen LogP contribution in [0, 0.1) is 5.41 Å². The number of carboxylic acid groups (broad SMARTS) is 1. The summed E-state index contributed by atoms with van der Waals surface area (Å²) in [5.41, 5.74) is -0.418. The molecule has 0 unspecified atom stereocenters. The summed E-state index contributed by atoms with van der Waals surface area (Å²) in [5, 5.41) is 11.5. The lowest BCUT2D eigenvalue weighted by molar-refractivity contribution is -0.142. The molecule has 1 saturated carbocycles. The monoisotopic (exact) mass is 284 g/mol. The minimum Gasteiger partial charge on any atom is -0.481 e. The summed E-state index contributed by atoms with van der Waals surface area (Å²) in [7, 11) is 1.53. The molecule has 1 aliphatic rings. The Kier molecular flexibility index (Phi) is 5.98. The predicted molar refractivity (Wildman–Crippen MR) is 74.1 cm³/mol. The Hall–Kier alpha value is -1.59. The van der Waals surface area contributed by atoms with Gasteiger partial charge in [-0.3, -0.25) is 14.4 Å². The number of amides is 2. The average molecular weight is 284 g/mol. The highest BCUT2D eigenvalue weighted by Gasteiger charge is 2.39. The van der Waals surface area contributed by atoms with E-state index < -0.39 is 11.4 Å². The van der Waals surface area contributed by atoms with Crippen LogP contribution in [0.2, 0.25) is 0 Å². The summed E-state index contributed by atoms with van der Waals surface area (Å²) in [6, 6.07) is 0. The second-order valence-corrected chi connectivity index (χ2v) is 5.54. The zero-order valence-electron chi connectivity index (χ0n) is 12.3. The van der Waals surface area contributed by atoms with Gasteiger partial charge in [0.25, 0.3) is 0 Å². The number of aliphatic carboxylic acids is 1. The van der Waals surface area contributed by atoms with E-state index in [1.165, 1.54) is 11.9 Å². The molecule has 1 fully saturated rings. The first-order valence-electron chi connectivity index (χ1n) is 7.12. The fourth-order valence-electron chi connectivity index (χ4n) is 2.92. The van der Waals surface area contributed by atoms with Gasteiger partial charge >= 0.3 is 5.97 Å². The first-order valence-corrected chi connectivity index (χ1v) is 7.12. The number of nitrogens with one attached hydrogen (secondary N) is 1. The molecule has 114 valence electrons. The summed E-state index contributed by atoms with van der Waals surface area (Å²) in [5.74, 6) is -1.19. The van der Waals surface area contributed by atoms with Crippen LogP contribution in [0.1, 0.15) is 45.4 Å². The lowest BCUT2D eigenvalue weighted by Gasteiger charge is -2.29. The van der Waals surface area contributed by atoms with Gasteiger partial charge in [0.15, 0.2) is 0 Å². The Morgan fingerprint density at radius 1 is 1.20 bits per heavy atom. The van der Waals surface area contributed by atoms with Crippen LogP contribution in [0.4, 0.5) is 0 Å². The number of carbonyl (C=O) groups excluding carboxylic acids is 2. The zero-order chi connectivity index (χ0) is 15.2. The zero-order valence-corrected chi connectivity index (χ0v) is 12.3. The van der Waals surface area contributed by atoms with Gasteiger partial charge in [-0.1, -0.05) is 12.8 Å². The molecule has 0 radical (unpaired) electrons. The molecule has 0 aromatic heterocycles. The summed E-state index contributed by atoms with van der Waals surface area (Å²) in [4.78, 5) is 36.2. The van der Waals surface area contributed by atoms with Gasteiger partial charge in [-0.2, -0.15) is 0 Å². The fraction of sp³-hybridized carbons (Fsp3) is 0.786. The van der Waals surface area contributed by atoms with Gasteiger partial charge in [0.1, 0.15) is 0 Å². The molecule has 2 N–H and O–H groups in total. The third kappa shape index (κ3) is 4.51. The van der Waals surface area contributed by atoms with E-state index in [-0.39, 0.29) is 31.2 Å². The maximum absolute atomic E-state index is 12.3. The standard InChI is InChI=1S/C14H24N2O4/c1-3-16(10-11(17)15-2)12(18)8-14(9-13(19)20)6-4-5-7-14/h3-10H2,1-2H3,(H,15,17)(H,19,20). The second-order valence-electron chi connectivity index (χ2n) is 5.54. The molecule has 0 aromatic rings. The first-order chi connectivity index (χ1) is 9.42. The Balaban J connectivity index is 2.69. The summed E-state index contributed by atoms with van der Waals surface area (Å²) >= 11 is 0. The van der Waals surface area contributed by atoms with Crippen molar-refractivity contribution in [1.82, 2.24) is 10.2 Å². The van der Waals surface area contributed by atoms with Crippen molar-refractivity contribution in [2.75, 3.05) is 20.1 Å². The normalized spacial score (nSPS) is 16.7. The molecular weight excluding hydrogens is 260 g/mol. The molecule has 0 atom stereocenters. The van der Waals surface area contributed by atoms with Crippen LogP contribution in [0.25, 0.3) is 0 Å². The number of hydrogen-bond donors (Lipinski definition) is 2. The van der Waals surface area contributed by atoms with E-state index in [1.54, 1.807) is 0 Å². The van der Waals surface area contributed by atoms with Gasteiger partial charge < -0.3 is 15.3 Å². The van der Waals surface area contributed by atoms with Gasteiger partial charge in [-0.25, -0.2) is 0 Å². The van der Waals surface area contributed by atoms with Gasteiger partial charge in [0.2, 0.25) is 11.8 Å². The molecule has 20 heavy (non-hydrogen) atoms. The first kappa shape index (κ1) is 16.5. The van der Waals surface area contributed by atoms with Crippen molar-refractivity contribution in [1.29, 1.82) is 0 Å². The average Bonchev–Trinajstić information content (AvgIpc) is 2.82. The van der Waals surface area contributed by atoms with E-state index in [1.807, 2.05) is 6.92 Å². The smallest absolute Gasteiger partial charge is 0.303 e. The van der Waals surface area contributed by atoms with Crippen LogP contribution in [0.3, 0.4) is 0 Å². The molecule has 0 aromatic carbocycles. The lowest BCUT2D eigenvalue weighted by atomic mass is 9.79. The van der Waals surface area contributed by atoms with E-state index >= 15 is 0 Å². The molecule has 0 aliphatic heterocycles. The summed E-state index contributed by atoms with van der Waals surface area (Å²) < 4.78 is 0. The number of likely N-dealkylation sites (N-methyl/N-ethyl adjacent to an activating group) is 2. The van der Waals surface area contributed by atoms with Crippen molar-refractivity contribution in [3.05, 3.63) is 0 Å². The van der Waals surface area contributed by atoms with E-state index in [0.717, 1.165) is 25.7 Å². The highest BCUT2D eigenvalue weighted by Crippen LogP contribution is 2.44. The minimum absolute atomic E-state index is 0.0367. The molecule has 1 rings (SSSR count). The Labute approximate surface area is 119 Å². The summed E-state index contributed by atoms with van der Waals surface area (Å²) in [6.07, 6.45) is 3.77. The number of nitrogens with zero attached hydrogens (tertiary/aromatic N) is 1. The van der Waals surface area contributed by atoms with E-state index in [2.05, 4.69) is 5.32 Å². The van der Waals surface area contributed by atoms with Gasteiger partial charge in [0.05, 0.1) is 13.0 Å². The van der Waals surface area contributed by atoms with Crippen LogP contribution in [-0.4, -0.2) is 47.9 Å². The van der Waals surface area contributed by atoms with Gasteiger partial charge in [0, 0.05) is 20.0 Å². The fourth-order valence-corrected chi connectivity index (χ4v) is 2.92. The second kappa shape index (κ2) is 7.26. The molecule has 0 saturated heterocycles. The molecule has 0 bridgehead atoms. The third-order valence-electron chi connectivity index (χ3n) is 4.06. The highest BCUT2D eigenvalue weighted by atomic mass is 16.4. The van der Waals surface area contributed by atoms with Crippen molar-refractivity contribution < 1.29 is 19.5 Å². The number of rotatable bonds is 7. The molecule has 0 spiro atoms. The van der Waals surface area contributed by atoms with Crippen LogP contribution in [0.5, 0.6) is 0 Å². The molecule has 6 nitrogen and oxygen atoms in total. The van der Waals surface area contributed by atoms with E-state index in [0.29, 0.717) is 6.54 Å². The SMILES string of the molecule is CCN(CC(=O)NC)C(=O)CC1(CC(=O)O)CCCC1. The summed E-state index contributed by atoms with van der Waals surface area (Å²) in [6.45, 7) is 2.31. The Bertz CT molecular complexity index is 375. The van der Waals surface area contributed by atoms with Crippen molar-refractivity contribution in [2.45, 2.75) is 45.4 Å². The van der Waals surface area contributed by atoms with Crippen molar-refractivity contribution in [3.63, 3.8) is 0 Å². The topological polar surface area (TPSA) is 86.7 Å². The largest absolute Gasteiger partial charge is 0.481 e. The molecule has 6 heteroatoms. The quantitative estimate of drug-likeness (QED) is 0.730. The van der Waals surface area contributed by atoms with Crippen LogP contribution in [-0.2, 0) is 14.4 Å². The number of carbonyl (C=O) groups is 3. The molecule has 2 amide bonds. The molecule has 0 heterocycles. The maximum Gasteiger partial charge on any atom is 0.303 e. The number of carboxylic acids is 1. The minimum atomic E-state index is -0.853. The van der Waals surface area contributed by atoms with Gasteiger partial charge in [-0.15, -0.1) is 0 Å². The van der Waals surface area contributed by atoms with E-state index in [4.69, 9.17) is 5.11 Å². The molecule has 1 aliphatic carbocycles. The van der Waals surface area contributed by atoms with Crippen LogP contribution < -0.4 is 5.32 Å². The van der Waals surface area contributed by atoms with Crippen molar-refractivity contribution in [2.24, 2.45) is 5.41 Å². The molecular formula is C14H24N2O4. The van der Waals surface area contributed by atoms with Crippen LogP contribution >= 0.6 is 0 Å². The van der Waals surface area contributed by atoms with Crippen LogP contribution in [0.15, 0.2) is 0 Å². The Morgan fingerprint density at radius 2 is 1.80 bits per heavy atom. The van der Waals surface area contributed by atoms with Crippen molar-refractivity contribution >= 4 is 17.8 Å². The Morgan fingerprint density at radius 3 is 2.25 bits per heavy atom. The van der Waals surface area contributed by atoms with Gasteiger partial charge in [-0.05, 0) is 25.2 Å². The maximum atomic E-state index is 12.3. The van der Waals surface area contributed by atoms with Crippen molar-refractivity contribution in [3.8, 4) is 0 Å². The predicted octanol–water partition coefficient (Wildman–Crippen LogP) is 1.01. The third-order valence-corrected chi connectivity index (χ3v) is 4.06. The lowest BCUT2D eigenvalue weighted by Crippen LogP contribution is -2.41. The highest BCUT2D eigenvalue weighted by molar-refractivity contribution is 5.85. The number of hydrogen-bond acceptors (Lipinski definition) is 3.